The van der Waals surface area contributed by atoms with Gasteiger partial charge in [0.2, 0.25) is 0 Å². The van der Waals surface area contributed by atoms with Gasteiger partial charge in [-0.1, -0.05) is 6.92 Å². The number of nitrogens with zero attached hydrogens (tertiary/aromatic N) is 4. The molecule has 0 atom stereocenters. The summed E-state index contributed by atoms with van der Waals surface area (Å²) < 4.78 is 5.14. The van der Waals surface area contributed by atoms with Crippen molar-refractivity contribution < 1.29 is 0 Å². The third kappa shape index (κ3) is 4.81. The van der Waals surface area contributed by atoms with Crippen LogP contribution in [0.2, 0.25) is 0 Å². The number of aromatic nitrogens is 4. The van der Waals surface area contributed by atoms with Crippen molar-refractivity contribution in [3.63, 3.8) is 0 Å². The molecule has 7 heteroatoms. The Hall–Kier alpha value is -1.05. The van der Waals surface area contributed by atoms with Gasteiger partial charge in [0, 0.05) is 36.5 Å². The summed E-state index contributed by atoms with van der Waals surface area (Å²) in [5, 5.41) is 4.12. The zero-order valence-corrected chi connectivity index (χ0v) is 13.8. The Kier molecular flexibility index (Phi) is 5.06. The van der Waals surface area contributed by atoms with Gasteiger partial charge in [-0.2, -0.15) is 4.37 Å². The normalized spacial score (nSPS) is 11.8. The quantitative estimate of drug-likeness (QED) is 0.857. The van der Waals surface area contributed by atoms with Gasteiger partial charge >= 0.3 is 0 Å². The third-order valence-corrected chi connectivity index (χ3v) is 4.13. The summed E-state index contributed by atoms with van der Waals surface area (Å²) in [5.74, 6) is 0.878. The molecular weight excluding hydrogens is 290 g/mol. The van der Waals surface area contributed by atoms with Gasteiger partial charge < -0.3 is 5.32 Å². The van der Waals surface area contributed by atoms with Gasteiger partial charge in [0.05, 0.1) is 0 Å². The molecule has 0 radical (unpaired) electrons. The van der Waals surface area contributed by atoms with Crippen molar-refractivity contribution in [2.75, 3.05) is 0 Å². The van der Waals surface area contributed by atoms with E-state index >= 15 is 0 Å². The fraction of sp³-hybridized carbons (Fsp3) is 0.538. The molecule has 0 saturated carbocycles. The van der Waals surface area contributed by atoms with Crippen LogP contribution < -0.4 is 5.32 Å². The van der Waals surface area contributed by atoms with Crippen LogP contribution in [0.3, 0.4) is 0 Å². The molecule has 108 valence electrons. The highest BCUT2D eigenvalue weighted by molar-refractivity contribution is 8.00. The van der Waals surface area contributed by atoms with Crippen LogP contribution in [0.15, 0.2) is 21.9 Å². The van der Waals surface area contributed by atoms with E-state index in [1.54, 1.807) is 0 Å². The molecule has 0 bridgehead atoms. The fourth-order valence-corrected chi connectivity index (χ4v) is 2.86. The molecule has 20 heavy (non-hydrogen) atoms. The van der Waals surface area contributed by atoms with E-state index in [1.807, 2.05) is 19.3 Å². The minimum absolute atomic E-state index is 0.0938. The van der Waals surface area contributed by atoms with Gasteiger partial charge in [0.1, 0.15) is 5.82 Å². The number of nitrogens with one attached hydrogen (secondary N) is 1. The third-order valence-electron chi connectivity index (χ3n) is 2.45. The summed E-state index contributed by atoms with van der Waals surface area (Å²) in [4.78, 5) is 13.1. The van der Waals surface area contributed by atoms with Crippen molar-refractivity contribution >= 4 is 23.3 Å². The molecule has 2 aromatic rings. The lowest BCUT2D eigenvalue weighted by molar-refractivity contribution is 0.423. The molecular formula is C13H19N5S2. The van der Waals surface area contributed by atoms with Gasteiger partial charge in [0.15, 0.2) is 9.50 Å². The fourth-order valence-electron chi connectivity index (χ4n) is 1.36. The molecule has 2 rings (SSSR count). The Labute approximate surface area is 127 Å². The van der Waals surface area contributed by atoms with E-state index in [4.69, 9.17) is 0 Å². The Morgan fingerprint density at radius 3 is 2.50 bits per heavy atom. The van der Waals surface area contributed by atoms with Crippen LogP contribution in [-0.2, 0) is 13.0 Å². The van der Waals surface area contributed by atoms with Crippen LogP contribution in [0.1, 0.15) is 39.1 Å². The number of hydrogen-bond acceptors (Lipinski definition) is 7. The first kappa shape index (κ1) is 15.3. The minimum Gasteiger partial charge on any atom is -0.308 e. The van der Waals surface area contributed by atoms with Crippen LogP contribution in [0.5, 0.6) is 0 Å². The average Bonchev–Trinajstić information content (AvgIpc) is 2.85. The first-order valence-electron chi connectivity index (χ1n) is 6.52. The molecule has 5 nitrogen and oxygen atoms in total. The van der Waals surface area contributed by atoms with E-state index in [2.05, 4.69) is 45.4 Å². The Balaban J connectivity index is 1.94. The second-order valence-corrected chi connectivity index (χ2v) is 7.38. The van der Waals surface area contributed by atoms with E-state index in [0.717, 1.165) is 28.7 Å². The lowest BCUT2D eigenvalue weighted by Crippen LogP contribution is -2.35. The largest absolute Gasteiger partial charge is 0.308 e. The van der Waals surface area contributed by atoms with E-state index < -0.39 is 0 Å². The lowest BCUT2D eigenvalue weighted by atomic mass is 10.1. The molecule has 0 fully saturated rings. The van der Waals surface area contributed by atoms with Gasteiger partial charge in [-0.05, 0) is 44.1 Å². The predicted octanol–water partition coefficient (Wildman–Crippen LogP) is 2.93. The molecule has 2 aromatic heterocycles. The lowest BCUT2D eigenvalue weighted by Gasteiger charge is -2.20. The number of rotatable bonds is 5. The molecule has 0 aliphatic heterocycles. The Morgan fingerprint density at radius 2 is 1.95 bits per heavy atom. The second kappa shape index (κ2) is 6.60. The van der Waals surface area contributed by atoms with Crippen LogP contribution >= 0.6 is 23.3 Å². The molecule has 0 amide bonds. The molecule has 0 aliphatic carbocycles. The van der Waals surface area contributed by atoms with E-state index in [9.17, 15) is 0 Å². The van der Waals surface area contributed by atoms with Crippen molar-refractivity contribution in [1.29, 1.82) is 0 Å². The molecule has 0 saturated heterocycles. The number of aryl methyl sites for hydroxylation is 1. The zero-order chi connectivity index (χ0) is 14.6. The summed E-state index contributed by atoms with van der Waals surface area (Å²) >= 11 is 2.85. The Morgan fingerprint density at radius 1 is 1.25 bits per heavy atom. The highest BCUT2D eigenvalue weighted by Gasteiger charge is 2.10. The molecule has 0 aromatic carbocycles. The van der Waals surface area contributed by atoms with Crippen molar-refractivity contribution in [3.8, 4) is 0 Å². The van der Waals surface area contributed by atoms with Crippen LogP contribution in [-0.4, -0.2) is 24.9 Å². The summed E-state index contributed by atoms with van der Waals surface area (Å²) in [5.41, 5.74) is 1.17. The standard InChI is InChI=1S/C13H19N5S2/c1-5-10-17-12(20-18-10)19-11-14-6-9(7-15-11)8-16-13(2,3)4/h6-7,16H,5,8H2,1-4H3. The van der Waals surface area contributed by atoms with E-state index in [0.29, 0.717) is 5.16 Å². The van der Waals surface area contributed by atoms with Crippen molar-refractivity contribution in [2.24, 2.45) is 0 Å². The van der Waals surface area contributed by atoms with Gasteiger partial charge in [-0.25, -0.2) is 15.0 Å². The average molecular weight is 309 g/mol. The predicted molar refractivity (Wildman–Crippen MR) is 82.0 cm³/mol. The molecule has 2 heterocycles. The van der Waals surface area contributed by atoms with Crippen molar-refractivity contribution in [3.05, 3.63) is 23.8 Å². The Bertz CT molecular complexity index is 545. The maximum atomic E-state index is 4.39. The maximum absolute atomic E-state index is 4.39. The monoisotopic (exact) mass is 309 g/mol. The van der Waals surface area contributed by atoms with Gasteiger partial charge in [-0.15, -0.1) is 0 Å². The highest BCUT2D eigenvalue weighted by Crippen LogP contribution is 2.25. The van der Waals surface area contributed by atoms with Crippen LogP contribution in [0.4, 0.5) is 0 Å². The van der Waals surface area contributed by atoms with Gasteiger partial charge in [0.25, 0.3) is 0 Å². The maximum Gasteiger partial charge on any atom is 0.194 e. The van der Waals surface area contributed by atoms with Gasteiger partial charge in [-0.3, -0.25) is 0 Å². The first-order valence-corrected chi connectivity index (χ1v) is 8.11. The molecule has 1 N–H and O–H groups in total. The smallest absolute Gasteiger partial charge is 0.194 e. The first-order chi connectivity index (χ1) is 9.46. The topological polar surface area (TPSA) is 63.6 Å². The zero-order valence-electron chi connectivity index (χ0n) is 12.2. The van der Waals surface area contributed by atoms with Crippen molar-refractivity contribution in [2.45, 2.75) is 55.7 Å². The molecule has 0 aliphatic rings. The van der Waals surface area contributed by atoms with Crippen LogP contribution in [0.25, 0.3) is 0 Å². The summed E-state index contributed by atoms with van der Waals surface area (Å²) in [6.45, 7) is 9.23. The highest BCUT2D eigenvalue weighted by atomic mass is 32.2. The summed E-state index contributed by atoms with van der Waals surface area (Å²) in [7, 11) is 0. The summed E-state index contributed by atoms with van der Waals surface area (Å²) in [6, 6.07) is 0. The van der Waals surface area contributed by atoms with E-state index in [-0.39, 0.29) is 5.54 Å². The molecule has 0 unspecified atom stereocenters. The van der Waals surface area contributed by atoms with Crippen LogP contribution in [0, 0.1) is 0 Å². The second-order valence-electron chi connectivity index (χ2n) is 5.41. The SMILES string of the molecule is CCc1nsc(Sc2ncc(CNC(C)(C)C)cn2)n1. The minimum atomic E-state index is 0.0938. The number of hydrogen-bond donors (Lipinski definition) is 1. The van der Waals surface area contributed by atoms with Crippen molar-refractivity contribution in [1.82, 2.24) is 24.6 Å². The van der Waals surface area contributed by atoms with E-state index in [1.165, 1.54) is 23.3 Å². The summed E-state index contributed by atoms with van der Waals surface area (Å²) in [6.07, 6.45) is 4.57. The molecule has 0 spiro atoms.